The highest BCUT2D eigenvalue weighted by Crippen LogP contribution is 2.08. The van der Waals surface area contributed by atoms with Gasteiger partial charge in [0.05, 0.1) is 6.54 Å². The van der Waals surface area contributed by atoms with Crippen molar-refractivity contribution in [2.24, 2.45) is 0 Å². The molecule has 18 heavy (non-hydrogen) atoms. The van der Waals surface area contributed by atoms with E-state index in [-0.39, 0.29) is 19.1 Å². The predicted molar refractivity (Wildman–Crippen MR) is 64.1 cm³/mol. The first-order valence-corrected chi connectivity index (χ1v) is 5.60. The zero-order valence-corrected chi connectivity index (χ0v) is 9.74. The van der Waals surface area contributed by atoms with Gasteiger partial charge in [0.25, 0.3) is 5.91 Å². The number of hydrogen-bond acceptors (Lipinski definition) is 4. The van der Waals surface area contributed by atoms with Crippen LogP contribution in [0.5, 0.6) is 5.75 Å². The molecule has 0 atom stereocenters. The Labute approximate surface area is 105 Å². The maximum Gasteiger partial charge on any atom is 0.416 e. The quantitative estimate of drug-likeness (QED) is 0.758. The first-order chi connectivity index (χ1) is 8.77. The smallest absolute Gasteiger partial charge is 0.416 e. The zero-order chi connectivity index (χ0) is 12.8. The van der Waals surface area contributed by atoms with E-state index in [1.54, 1.807) is 6.08 Å². The minimum atomic E-state index is -0.589. The van der Waals surface area contributed by atoms with E-state index in [4.69, 9.17) is 4.74 Å². The fraction of sp³-hybridized carbons (Fsp3) is 0.231. The van der Waals surface area contributed by atoms with Crippen LogP contribution in [0.3, 0.4) is 0 Å². The van der Waals surface area contributed by atoms with Crippen LogP contribution >= 0.6 is 0 Å². The molecule has 1 fully saturated rings. The number of para-hydroxylation sites is 1. The van der Waals surface area contributed by atoms with E-state index in [2.05, 4.69) is 4.74 Å². The Morgan fingerprint density at radius 3 is 2.83 bits per heavy atom. The van der Waals surface area contributed by atoms with Crippen molar-refractivity contribution in [3.63, 3.8) is 0 Å². The van der Waals surface area contributed by atoms with Crippen molar-refractivity contribution in [2.75, 3.05) is 19.8 Å². The van der Waals surface area contributed by atoms with E-state index in [0.29, 0.717) is 6.54 Å². The molecule has 0 saturated carbocycles. The maximum absolute atomic E-state index is 11.5. The lowest BCUT2D eigenvalue weighted by Gasteiger charge is -2.06. The maximum atomic E-state index is 11.5. The van der Waals surface area contributed by atoms with Gasteiger partial charge in [-0.05, 0) is 18.2 Å². The number of rotatable bonds is 4. The van der Waals surface area contributed by atoms with Crippen LogP contribution in [-0.2, 0) is 9.53 Å². The number of carbonyl (C=O) groups excluding carboxylic acids is 2. The van der Waals surface area contributed by atoms with Gasteiger partial charge in [0.1, 0.15) is 19.0 Å². The highest BCUT2D eigenvalue weighted by Gasteiger charge is 2.26. The molecular formula is C13H13NO4. The molecule has 94 valence electrons. The van der Waals surface area contributed by atoms with Gasteiger partial charge in [-0.25, -0.2) is 9.69 Å². The molecule has 5 heteroatoms. The Balaban J connectivity index is 1.78. The summed E-state index contributed by atoms with van der Waals surface area (Å²) in [5.74, 6) is 0.351. The van der Waals surface area contributed by atoms with Crippen molar-refractivity contribution in [2.45, 2.75) is 0 Å². The summed E-state index contributed by atoms with van der Waals surface area (Å²) in [7, 11) is 0. The van der Waals surface area contributed by atoms with Crippen molar-refractivity contribution in [3.05, 3.63) is 42.5 Å². The molecule has 0 unspecified atom stereocenters. The van der Waals surface area contributed by atoms with E-state index < -0.39 is 6.09 Å². The van der Waals surface area contributed by atoms with E-state index in [9.17, 15) is 9.59 Å². The predicted octanol–water partition coefficient (Wildman–Crippen LogP) is 1.60. The first kappa shape index (κ1) is 12.2. The van der Waals surface area contributed by atoms with Crippen LogP contribution in [0.1, 0.15) is 0 Å². The minimum Gasteiger partial charge on any atom is -0.490 e. The van der Waals surface area contributed by atoms with Gasteiger partial charge in [-0.3, -0.25) is 4.79 Å². The van der Waals surface area contributed by atoms with Crippen LogP contribution < -0.4 is 4.74 Å². The van der Waals surface area contributed by atoms with Gasteiger partial charge in [0, 0.05) is 6.08 Å². The summed E-state index contributed by atoms with van der Waals surface area (Å²) < 4.78 is 10.0. The van der Waals surface area contributed by atoms with Gasteiger partial charge in [0.15, 0.2) is 0 Å². The zero-order valence-electron chi connectivity index (χ0n) is 9.74. The highest BCUT2D eigenvalue weighted by molar-refractivity contribution is 5.99. The summed E-state index contributed by atoms with van der Waals surface area (Å²) in [6.07, 6.45) is 2.30. The van der Waals surface area contributed by atoms with Gasteiger partial charge in [-0.15, -0.1) is 0 Å². The third-order valence-corrected chi connectivity index (χ3v) is 2.38. The number of ether oxygens (including phenoxy) is 2. The molecule has 1 aliphatic heterocycles. The molecule has 0 radical (unpaired) electrons. The third kappa shape index (κ3) is 3.10. The molecule has 1 aromatic carbocycles. The fourth-order valence-corrected chi connectivity index (χ4v) is 1.49. The molecule has 2 rings (SSSR count). The van der Waals surface area contributed by atoms with Gasteiger partial charge in [0.2, 0.25) is 0 Å². The minimum absolute atomic E-state index is 0.263. The van der Waals surface area contributed by atoms with Crippen molar-refractivity contribution in [1.29, 1.82) is 0 Å². The van der Waals surface area contributed by atoms with Gasteiger partial charge in [-0.1, -0.05) is 18.2 Å². The fourth-order valence-electron chi connectivity index (χ4n) is 1.49. The summed E-state index contributed by atoms with van der Waals surface area (Å²) in [6.45, 7) is 0.846. The van der Waals surface area contributed by atoms with E-state index in [0.717, 1.165) is 10.6 Å². The first-order valence-electron chi connectivity index (χ1n) is 5.60. The summed E-state index contributed by atoms with van der Waals surface area (Å²) in [4.78, 5) is 23.7. The molecule has 0 spiro atoms. The van der Waals surface area contributed by atoms with Crippen molar-refractivity contribution >= 4 is 12.0 Å². The van der Waals surface area contributed by atoms with Crippen LogP contribution in [0, 0.1) is 0 Å². The van der Waals surface area contributed by atoms with Crippen LogP contribution in [0.25, 0.3) is 0 Å². The van der Waals surface area contributed by atoms with Crippen LogP contribution in [0.4, 0.5) is 4.79 Å². The average Bonchev–Trinajstić information content (AvgIpc) is 2.82. The van der Waals surface area contributed by atoms with Crippen LogP contribution in [0.2, 0.25) is 0 Å². The number of amides is 2. The summed E-state index contributed by atoms with van der Waals surface area (Å²) in [6, 6.07) is 9.28. The number of benzene rings is 1. The van der Waals surface area contributed by atoms with Gasteiger partial charge < -0.3 is 9.47 Å². The monoisotopic (exact) mass is 247 g/mol. The highest BCUT2D eigenvalue weighted by atomic mass is 16.6. The average molecular weight is 247 g/mol. The Hall–Kier alpha value is -2.30. The van der Waals surface area contributed by atoms with E-state index in [1.165, 1.54) is 6.08 Å². The largest absolute Gasteiger partial charge is 0.490 e. The third-order valence-electron chi connectivity index (χ3n) is 2.38. The molecular weight excluding hydrogens is 234 g/mol. The Bertz CT molecular complexity index is 455. The molecule has 0 N–H and O–H groups in total. The molecule has 1 aliphatic rings. The lowest BCUT2D eigenvalue weighted by Crippen LogP contribution is -2.30. The number of cyclic esters (lactones) is 1. The Morgan fingerprint density at radius 2 is 2.17 bits per heavy atom. The second kappa shape index (κ2) is 5.86. The van der Waals surface area contributed by atoms with Crippen molar-refractivity contribution in [1.82, 2.24) is 4.90 Å². The topological polar surface area (TPSA) is 55.8 Å². The number of hydrogen-bond donors (Lipinski definition) is 0. The molecule has 0 aromatic heterocycles. The molecule has 2 amide bonds. The lowest BCUT2D eigenvalue weighted by molar-refractivity contribution is -0.122. The SMILES string of the molecule is O=C(/C=C/COc1ccccc1)N1CCOC1=O. The van der Waals surface area contributed by atoms with E-state index >= 15 is 0 Å². The molecule has 0 aliphatic carbocycles. The van der Waals surface area contributed by atoms with Crippen molar-refractivity contribution < 1.29 is 19.1 Å². The van der Waals surface area contributed by atoms with E-state index in [1.807, 2.05) is 30.3 Å². The molecule has 5 nitrogen and oxygen atoms in total. The molecule has 1 saturated heterocycles. The van der Waals surface area contributed by atoms with Gasteiger partial charge in [-0.2, -0.15) is 0 Å². The Morgan fingerprint density at radius 1 is 1.39 bits per heavy atom. The Kier molecular flexibility index (Phi) is 3.96. The number of imide groups is 1. The number of nitrogens with zero attached hydrogens (tertiary/aromatic N) is 1. The molecule has 1 heterocycles. The van der Waals surface area contributed by atoms with Crippen LogP contribution in [-0.4, -0.2) is 36.7 Å². The second-order valence-electron chi connectivity index (χ2n) is 3.63. The lowest BCUT2D eigenvalue weighted by atomic mass is 10.3. The summed E-state index contributed by atoms with van der Waals surface area (Å²) in [5, 5.41) is 0. The molecule has 1 aromatic rings. The molecule has 0 bridgehead atoms. The standard InChI is InChI=1S/C13H13NO4/c15-12(14-8-10-18-13(14)16)7-4-9-17-11-5-2-1-3-6-11/h1-7H,8-10H2/b7-4+. The van der Waals surface area contributed by atoms with Crippen LogP contribution in [0.15, 0.2) is 42.5 Å². The summed E-state index contributed by atoms with van der Waals surface area (Å²) in [5.41, 5.74) is 0. The number of carbonyl (C=O) groups is 2. The van der Waals surface area contributed by atoms with Crippen molar-refractivity contribution in [3.8, 4) is 5.75 Å². The normalized spacial score (nSPS) is 14.9. The summed E-state index contributed by atoms with van der Waals surface area (Å²) >= 11 is 0. The second-order valence-corrected chi connectivity index (χ2v) is 3.63. The van der Waals surface area contributed by atoms with Gasteiger partial charge >= 0.3 is 6.09 Å².